The fourth-order valence-electron chi connectivity index (χ4n) is 1.35. The highest BCUT2D eigenvalue weighted by Gasteiger charge is 2.26. The summed E-state index contributed by atoms with van der Waals surface area (Å²) < 4.78 is 5.08. The van der Waals surface area contributed by atoms with E-state index >= 15 is 0 Å². The summed E-state index contributed by atoms with van der Waals surface area (Å²) >= 11 is 0. The molecular formula is C14H20N2O4. The molecule has 0 aliphatic rings. The minimum Gasteiger partial charge on any atom is -0.395 e. The molecule has 110 valence electrons. The molecule has 0 aliphatic heterocycles. The fraction of sp³-hybridized carbons (Fsp3) is 0.429. The Kier molecular flexibility index (Phi) is 5.66. The average Bonchev–Trinajstić information content (AvgIpc) is 2.45. The van der Waals surface area contributed by atoms with Crippen molar-refractivity contribution in [2.45, 2.75) is 19.4 Å². The van der Waals surface area contributed by atoms with Crippen molar-refractivity contribution in [3.05, 3.63) is 29.8 Å². The summed E-state index contributed by atoms with van der Waals surface area (Å²) in [6.45, 7) is 3.43. The number of anilines is 1. The Hall–Kier alpha value is -1.92. The summed E-state index contributed by atoms with van der Waals surface area (Å²) in [5.74, 6) is -0.536. The van der Waals surface area contributed by atoms with Gasteiger partial charge in [-0.15, -0.1) is 0 Å². The second-order valence-corrected chi connectivity index (χ2v) is 4.73. The first-order valence-electron chi connectivity index (χ1n) is 6.26. The molecule has 1 aromatic rings. The fourth-order valence-corrected chi connectivity index (χ4v) is 1.35. The number of rotatable bonds is 6. The number of aliphatic hydroxyl groups excluding tert-OH is 1. The van der Waals surface area contributed by atoms with Crippen LogP contribution in [-0.2, 0) is 9.53 Å². The lowest BCUT2D eigenvalue weighted by atomic mass is 10.1. The number of carbonyl (C=O) groups excluding carboxylic acids is 2. The van der Waals surface area contributed by atoms with Gasteiger partial charge >= 0.3 is 0 Å². The average molecular weight is 280 g/mol. The predicted octanol–water partition coefficient (Wildman–Crippen LogP) is 0.772. The number of amides is 2. The van der Waals surface area contributed by atoms with E-state index in [0.29, 0.717) is 11.3 Å². The highest BCUT2D eigenvalue weighted by atomic mass is 16.5. The van der Waals surface area contributed by atoms with E-state index in [1.54, 1.807) is 38.1 Å². The van der Waals surface area contributed by atoms with Gasteiger partial charge in [-0.3, -0.25) is 9.59 Å². The maximum atomic E-state index is 11.9. The topological polar surface area (TPSA) is 87.7 Å². The molecule has 2 amide bonds. The zero-order valence-corrected chi connectivity index (χ0v) is 11.9. The van der Waals surface area contributed by atoms with Crippen LogP contribution in [0.15, 0.2) is 24.3 Å². The molecule has 6 heteroatoms. The quantitative estimate of drug-likeness (QED) is 0.718. The van der Waals surface area contributed by atoms with Gasteiger partial charge in [0.25, 0.3) is 11.8 Å². The molecule has 0 atom stereocenters. The number of hydrogen-bond acceptors (Lipinski definition) is 4. The molecule has 0 saturated heterocycles. The summed E-state index contributed by atoms with van der Waals surface area (Å²) in [5.41, 5.74) is 0.123. The molecule has 0 radical (unpaired) electrons. The molecule has 0 aliphatic carbocycles. The van der Waals surface area contributed by atoms with Crippen LogP contribution in [0.4, 0.5) is 5.69 Å². The van der Waals surface area contributed by atoms with E-state index in [2.05, 4.69) is 10.6 Å². The maximum Gasteiger partial charge on any atom is 0.256 e. The highest BCUT2D eigenvalue weighted by molar-refractivity contribution is 5.98. The van der Waals surface area contributed by atoms with Crippen molar-refractivity contribution < 1.29 is 19.4 Å². The summed E-state index contributed by atoms with van der Waals surface area (Å²) in [6, 6.07) is 6.47. The van der Waals surface area contributed by atoms with E-state index in [1.165, 1.54) is 7.11 Å². The van der Waals surface area contributed by atoms with Gasteiger partial charge in [0.05, 0.1) is 6.61 Å². The summed E-state index contributed by atoms with van der Waals surface area (Å²) in [5, 5.41) is 13.9. The lowest BCUT2D eigenvalue weighted by Gasteiger charge is -2.21. The van der Waals surface area contributed by atoms with E-state index in [4.69, 9.17) is 9.84 Å². The highest BCUT2D eigenvalue weighted by Crippen LogP contribution is 2.14. The van der Waals surface area contributed by atoms with Gasteiger partial charge in [-0.05, 0) is 38.1 Å². The van der Waals surface area contributed by atoms with Crippen LogP contribution in [0.5, 0.6) is 0 Å². The second kappa shape index (κ2) is 7.02. The summed E-state index contributed by atoms with van der Waals surface area (Å²) in [7, 11) is 1.47. The van der Waals surface area contributed by atoms with Crippen LogP contribution in [0, 0.1) is 0 Å². The van der Waals surface area contributed by atoms with E-state index in [1.807, 2.05) is 0 Å². The first-order valence-corrected chi connectivity index (χ1v) is 6.26. The van der Waals surface area contributed by atoms with Crippen LogP contribution >= 0.6 is 0 Å². The Bertz CT molecular complexity index is 469. The molecule has 3 N–H and O–H groups in total. The Balaban J connectivity index is 2.68. The normalized spacial score (nSPS) is 11.0. The van der Waals surface area contributed by atoms with Crippen molar-refractivity contribution in [2.75, 3.05) is 25.6 Å². The van der Waals surface area contributed by atoms with Crippen LogP contribution in [0.25, 0.3) is 0 Å². The number of methoxy groups -OCH3 is 1. The number of aliphatic hydroxyl groups is 1. The zero-order valence-electron chi connectivity index (χ0n) is 11.9. The molecule has 1 rings (SSSR count). The van der Waals surface area contributed by atoms with Crippen molar-refractivity contribution in [3.8, 4) is 0 Å². The third kappa shape index (κ3) is 4.32. The lowest BCUT2D eigenvalue weighted by Crippen LogP contribution is -2.38. The van der Waals surface area contributed by atoms with Crippen molar-refractivity contribution in [3.63, 3.8) is 0 Å². The number of ether oxygens (including phenoxy) is 1. The Morgan fingerprint density at radius 1 is 1.25 bits per heavy atom. The van der Waals surface area contributed by atoms with Gasteiger partial charge < -0.3 is 20.5 Å². The Morgan fingerprint density at radius 3 is 2.35 bits per heavy atom. The van der Waals surface area contributed by atoms with Gasteiger partial charge in [0.15, 0.2) is 0 Å². The van der Waals surface area contributed by atoms with E-state index in [0.717, 1.165) is 0 Å². The van der Waals surface area contributed by atoms with Gasteiger partial charge in [-0.2, -0.15) is 0 Å². The molecule has 0 bridgehead atoms. The Labute approximate surface area is 118 Å². The molecule has 0 unspecified atom stereocenters. The third-order valence-corrected chi connectivity index (χ3v) is 2.86. The molecule has 0 aromatic heterocycles. The van der Waals surface area contributed by atoms with Gasteiger partial charge in [0.2, 0.25) is 0 Å². The van der Waals surface area contributed by atoms with Crippen molar-refractivity contribution in [1.29, 1.82) is 0 Å². The maximum absolute atomic E-state index is 11.9. The van der Waals surface area contributed by atoms with Crippen LogP contribution in [0.3, 0.4) is 0 Å². The molecule has 1 aromatic carbocycles. The Morgan fingerprint density at radius 2 is 1.85 bits per heavy atom. The molecule has 0 spiro atoms. The van der Waals surface area contributed by atoms with Gasteiger partial charge in [0.1, 0.15) is 5.60 Å². The molecular weight excluding hydrogens is 260 g/mol. The summed E-state index contributed by atoms with van der Waals surface area (Å²) in [6.07, 6.45) is 0. The van der Waals surface area contributed by atoms with Gasteiger partial charge in [-0.1, -0.05) is 0 Å². The molecule has 0 fully saturated rings. The monoisotopic (exact) mass is 280 g/mol. The second-order valence-electron chi connectivity index (χ2n) is 4.73. The third-order valence-electron chi connectivity index (χ3n) is 2.86. The van der Waals surface area contributed by atoms with Crippen molar-refractivity contribution >= 4 is 17.5 Å². The smallest absolute Gasteiger partial charge is 0.256 e. The van der Waals surface area contributed by atoms with Crippen LogP contribution < -0.4 is 10.6 Å². The molecule has 6 nitrogen and oxygen atoms in total. The first-order chi connectivity index (χ1) is 9.40. The van der Waals surface area contributed by atoms with Gasteiger partial charge in [-0.25, -0.2) is 0 Å². The number of carbonyl (C=O) groups is 2. The predicted molar refractivity (Wildman–Crippen MR) is 75.6 cm³/mol. The van der Waals surface area contributed by atoms with Crippen LogP contribution in [0.2, 0.25) is 0 Å². The van der Waals surface area contributed by atoms with Crippen molar-refractivity contribution in [1.82, 2.24) is 5.32 Å². The molecule has 20 heavy (non-hydrogen) atoms. The van der Waals surface area contributed by atoms with Crippen LogP contribution in [0.1, 0.15) is 24.2 Å². The molecule has 0 saturated carbocycles. The summed E-state index contributed by atoms with van der Waals surface area (Å²) in [4.78, 5) is 23.5. The first kappa shape index (κ1) is 16.1. The van der Waals surface area contributed by atoms with Gasteiger partial charge in [0, 0.05) is 24.9 Å². The number of benzene rings is 1. The minimum absolute atomic E-state index is 0.105. The van der Waals surface area contributed by atoms with E-state index in [-0.39, 0.29) is 25.0 Å². The standard InChI is InChI=1S/C14H20N2O4/c1-14(2,20-3)13(19)16-11-6-4-10(5-7-11)12(18)15-8-9-17/h4-7,17H,8-9H2,1-3H3,(H,15,18)(H,16,19). The zero-order chi connectivity index (χ0) is 15.2. The number of hydrogen-bond donors (Lipinski definition) is 3. The minimum atomic E-state index is -0.919. The van der Waals surface area contributed by atoms with E-state index in [9.17, 15) is 9.59 Å². The largest absolute Gasteiger partial charge is 0.395 e. The SMILES string of the molecule is COC(C)(C)C(=O)Nc1ccc(C(=O)NCCO)cc1. The lowest BCUT2D eigenvalue weighted by molar-refractivity contribution is -0.133. The van der Waals surface area contributed by atoms with E-state index < -0.39 is 5.60 Å². The number of nitrogens with one attached hydrogen (secondary N) is 2. The van der Waals surface area contributed by atoms with Crippen LogP contribution in [-0.4, -0.2) is 42.8 Å². The molecule has 0 heterocycles. The van der Waals surface area contributed by atoms with Crippen molar-refractivity contribution in [2.24, 2.45) is 0 Å².